The Bertz CT molecular complexity index is 517. The maximum absolute atomic E-state index is 12.0. The van der Waals surface area contributed by atoms with Crippen LogP contribution in [0.15, 0.2) is 22.7 Å². The molecule has 19 heavy (non-hydrogen) atoms. The van der Waals surface area contributed by atoms with E-state index >= 15 is 0 Å². The molecule has 0 bridgehead atoms. The summed E-state index contributed by atoms with van der Waals surface area (Å²) in [6, 6.07) is 4.70. The first kappa shape index (κ1) is 14.0. The Hall–Kier alpha value is -1.40. The number of aromatic carboxylic acids is 1. The maximum Gasteiger partial charge on any atom is 0.336 e. The van der Waals surface area contributed by atoms with E-state index in [9.17, 15) is 9.59 Å². The van der Waals surface area contributed by atoms with E-state index in [1.54, 1.807) is 12.1 Å². The zero-order chi connectivity index (χ0) is 14.0. The molecule has 2 rings (SSSR count). The molecule has 2 unspecified atom stereocenters. The minimum absolute atomic E-state index is 0.102. The normalized spacial score (nSPS) is 22.2. The van der Waals surface area contributed by atoms with Crippen molar-refractivity contribution in [2.24, 2.45) is 5.92 Å². The van der Waals surface area contributed by atoms with E-state index in [-0.39, 0.29) is 23.5 Å². The predicted octanol–water partition coefficient (Wildman–Crippen LogP) is 2.51. The molecular weight excluding hydrogens is 314 g/mol. The predicted molar refractivity (Wildman–Crippen MR) is 73.3 cm³/mol. The molecule has 0 saturated carbocycles. The summed E-state index contributed by atoms with van der Waals surface area (Å²) in [6.45, 7) is 2.45. The van der Waals surface area contributed by atoms with Crippen molar-refractivity contribution in [3.63, 3.8) is 0 Å². The molecule has 0 radical (unpaired) electrons. The van der Waals surface area contributed by atoms with Crippen LogP contribution in [0.4, 0.5) is 5.69 Å². The number of rotatable bonds is 3. The topological polar surface area (TPSA) is 75.6 Å². The first-order chi connectivity index (χ1) is 8.99. The molecule has 102 valence electrons. The highest BCUT2D eigenvalue weighted by molar-refractivity contribution is 9.10. The number of hydrogen-bond donors (Lipinski definition) is 2. The zero-order valence-electron chi connectivity index (χ0n) is 10.4. The van der Waals surface area contributed by atoms with E-state index in [0.29, 0.717) is 23.2 Å². The zero-order valence-corrected chi connectivity index (χ0v) is 11.9. The second-order valence-electron chi connectivity index (χ2n) is 4.46. The Labute approximate surface area is 119 Å². The van der Waals surface area contributed by atoms with Crippen LogP contribution in [0, 0.1) is 5.92 Å². The van der Waals surface area contributed by atoms with Gasteiger partial charge in [-0.05, 0) is 47.5 Å². The third kappa shape index (κ3) is 3.13. The summed E-state index contributed by atoms with van der Waals surface area (Å²) in [4.78, 5) is 23.0. The molecular formula is C13H14BrNO4. The van der Waals surface area contributed by atoms with E-state index in [2.05, 4.69) is 21.2 Å². The van der Waals surface area contributed by atoms with Crippen LogP contribution in [0.2, 0.25) is 0 Å². The number of benzene rings is 1. The molecule has 1 amide bonds. The van der Waals surface area contributed by atoms with Crippen LogP contribution in [0.25, 0.3) is 0 Å². The van der Waals surface area contributed by atoms with Gasteiger partial charge >= 0.3 is 5.97 Å². The lowest BCUT2D eigenvalue weighted by Gasteiger charge is -2.14. The number of hydrogen-bond acceptors (Lipinski definition) is 3. The van der Waals surface area contributed by atoms with Gasteiger partial charge in [0.25, 0.3) is 0 Å². The van der Waals surface area contributed by atoms with Crippen molar-refractivity contribution in [3.8, 4) is 0 Å². The molecule has 0 aromatic heterocycles. The average Bonchev–Trinajstić information content (AvgIpc) is 2.77. The molecule has 1 aliphatic rings. The van der Waals surface area contributed by atoms with Crippen molar-refractivity contribution in [1.29, 1.82) is 0 Å². The van der Waals surface area contributed by atoms with Crippen LogP contribution in [0.1, 0.15) is 23.7 Å². The van der Waals surface area contributed by atoms with Crippen molar-refractivity contribution in [1.82, 2.24) is 0 Å². The van der Waals surface area contributed by atoms with Gasteiger partial charge in [-0.1, -0.05) is 0 Å². The minimum atomic E-state index is -1.04. The van der Waals surface area contributed by atoms with E-state index < -0.39 is 5.97 Å². The lowest BCUT2D eigenvalue weighted by atomic mass is 10.0. The highest BCUT2D eigenvalue weighted by Gasteiger charge is 2.30. The minimum Gasteiger partial charge on any atom is -0.478 e. The quantitative estimate of drug-likeness (QED) is 0.894. The molecule has 2 atom stereocenters. The van der Waals surface area contributed by atoms with Crippen LogP contribution in [-0.2, 0) is 9.53 Å². The number of ether oxygens (including phenoxy) is 1. The second-order valence-corrected chi connectivity index (χ2v) is 5.31. The third-order valence-corrected chi connectivity index (χ3v) is 3.87. The van der Waals surface area contributed by atoms with Crippen LogP contribution in [0.3, 0.4) is 0 Å². The molecule has 1 aliphatic heterocycles. The van der Waals surface area contributed by atoms with E-state index in [1.807, 2.05) is 6.92 Å². The van der Waals surface area contributed by atoms with Crippen molar-refractivity contribution in [2.75, 3.05) is 11.9 Å². The fourth-order valence-corrected chi connectivity index (χ4v) is 2.49. The van der Waals surface area contributed by atoms with Gasteiger partial charge in [-0.2, -0.15) is 0 Å². The number of nitrogens with one attached hydrogen (secondary N) is 1. The summed E-state index contributed by atoms with van der Waals surface area (Å²) < 4.78 is 5.82. The molecule has 1 heterocycles. The summed E-state index contributed by atoms with van der Waals surface area (Å²) >= 11 is 3.16. The molecule has 0 aliphatic carbocycles. The largest absolute Gasteiger partial charge is 0.478 e. The van der Waals surface area contributed by atoms with Gasteiger partial charge in [-0.15, -0.1) is 0 Å². The summed E-state index contributed by atoms with van der Waals surface area (Å²) in [7, 11) is 0. The van der Waals surface area contributed by atoms with Gasteiger partial charge < -0.3 is 15.2 Å². The number of halogens is 1. The molecule has 6 heteroatoms. The Morgan fingerprint density at radius 1 is 1.47 bits per heavy atom. The van der Waals surface area contributed by atoms with E-state index in [1.165, 1.54) is 6.07 Å². The first-order valence-corrected chi connectivity index (χ1v) is 6.73. The SMILES string of the molecule is CC1OCCC1C(=O)Nc1ccc(Br)c(C(=O)O)c1. The fourth-order valence-electron chi connectivity index (χ4n) is 2.08. The van der Waals surface area contributed by atoms with Crippen LogP contribution in [-0.4, -0.2) is 29.7 Å². The number of carboxylic acid groups (broad SMARTS) is 1. The lowest BCUT2D eigenvalue weighted by Crippen LogP contribution is -2.27. The number of carbonyl (C=O) groups is 2. The first-order valence-electron chi connectivity index (χ1n) is 5.94. The van der Waals surface area contributed by atoms with Gasteiger partial charge in [0.15, 0.2) is 0 Å². The van der Waals surface area contributed by atoms with Gasteiger partial charge in [0.2, 0.25) is 5.91 Å². The van der Waals surface area contributed by atoms with Gasteiger partial charge in [-0.25, -0.2) is 4.79 Å². The molecule has 5 nitrogen and oxygen atoms in total. The highest BCUT2D eigenvalue weighted by Crippen LogP contribution is 2.24. The third-order valence-electron chi connectivity index (χ3n) is 3.18. The molecule has 1 aromatic rings. The monoisotopic (exact) mass is 327 g/mol. The second kappa shape index (κ2) is 5.71. The van der Waals surface area contributed by atoms with Gasteiger partial charge in [0.1, 0.15) is 0 Å². The van der Waals surface area contributed by atoms with E-state index in [0.717, 1.165) is 0 Å². The van der Waals surface area contributed by atoms with E-state index in [4.69, 9.17) is 9.84 Å². The van der Waals surface area contributed by atoms with Gasteiger partial charge in [0.05, 0.1) is 17.6 Å². The van der Waals surface area contributed by atoms with Crippen molar-refractivity contribution >= 4 is 33.5 Å². The fraction of sp³-hybridized carbons (Fsp3) is 0.385. The average molecular weight is 328 g/mol. The van der Waals surface area contributed by atoms with Crippen LogP contribution < -0.4 is 5.32 Å². The molecule has 1 saturated heterocycles. The Morgan fingerprint density at radius 3 is 2.79 bits per heavy atom. The number of anilines is 1. The lowest BCUT2D eigenvalue weighted by molar-refractivity contribution is -0.121. The molecule has 2 N–H and O–H groups in total. The van der Waals surface area contributed by atoms with Crippen LogP contribution >= 0.6 is 15.9 Å². The summed E-state index contributed by atoms with van der Waals surface area (Å²) in [5.74, 6) is -1.36. The number of amides is 1. The molecule has 1 fully saturated rings. The standard InChI is InChI=1S/C13H14BrNO4/c1-7-9(4-5-19-7)12(16)15-8-2-3-11(14)10(6-8)13(17)18/h2-3,6-7,9H,4-5H2,1H3,(H,15,16)(H,17,18). The highest BCUT2D eigenvalue weighted by atomic mass is 79.9. The Morgan fingerprint density at radius 2 is 2.21 bits per heavy atom. The Balaban J connectivity index is 2.13. The molecule has 0 spiro atoms. The number of carboxylic acids is 1. The van der Waals surface area contributed by atoms with Gasteiger partial charge in [-0.3, -0.25) is 4.79 Å². The smallest absolute Gasteiger partial charge is 0.336 e. The molecule has 1 aromatic carbocycles. The van der Waals surface area contributed by atoms with Crippen molar-refractivity contribution < 1.29 is 19.4 Å². The van der Waals surface area contributed by atoms with Crippen LogP contribution in [0.5, 0.6) is 0 Å². The van der Waals surface area contributed by atoms with Crippen molar-refractivity contribution in [2.45, 2.75) is 19.4 Å². The Kier molecular flexibility index (Phi) is 4.21. The summed E-state index contributed by atoms with van der Waals surface area (Å²) in [5, 5.41) is 11.7. The maximum atomic E-state index is 12.0. The van der Waals surface area contributed by atoms with Crippen molar-refractivity contribution in [3.05, 3.63) is 28.2 Å². The summed E-state index contributed by atoms with van der Waals surface area (Å²) in [5.41, 5.74) is 0.596. The number of carbonyl (C=O) groups excluding carboxylic acids is 1. The van der Waals surface area contributed by atoms with Gasteiger partial charge in [0, 0.05) is 16.8 Å². The summed E-state index contributed by atoms with van der Waals surface area (Å²) in [6.07, 6.45) is 0.587.